The second kappa shape index (κ2) is 8.56. The molecule has 35 heavy (non-hydrogen) atoms. The van der Waals surface area contributed by atoms with Crippen molar-refractivity contribution < 1.29 is 19.0 Å². The maximum absolute atomic E-state index is 12.8. The highest BCUT2D eigenvalue weighted by atomic mass is 16.5. The molecule has 1 aliphatic heterocycles. The van der Waals surface area contributed by atoms with Gasteiger partial charge in [-0.25, -0.2) is 0 Å². The minimum Gasteiger partial charge on any atom is -0.493 e. The molecular formula is C30H33NO4. The highest BCUT2D eigenvalue weighted by Crippen LogP contribution is 2.60. The van der Waals surface area contributed by atoms with E-state index in [-0.39, 0.29) is 5.41 Å². The van der Waals surface area contributed by atoms with E-state index in [1.165, 1.54) is 16.3 Å². The molecule has 3 atom stereocenters. The number of hydrogen-bond acceptors (Lipinski definition) is 5. The van der Waals surface area contributed by atoms with Gasteiger partial charge in [-0.05, 0) is 61.2 Å². The molecular weight excluding hydrogens is 438 g/mol. The van der Waals surface area contributed by atoms with E-state index >= 15 is 0 Å². The summed E-state index contributed by atoms with van der Waals surface area (Å²) in [5, 5.41) is 2.43. The van der Waals surface area contributed by atoms with E-state index in [1.807, 2.05) is 6.07 Å². The molecule has 0 spiro atoms. The summed E-state index contributed by atoms with van der Waals surface area (Å²) < 4.78 is 18.4. The summed E-state index contributed by atoms with van der Waals surface area (Å²) in [5.41, 5.74) is 3.27. The summed E-state index contributed by atoms with van der Waals surface area (Å²) in [5.74, 6) is 3.12. The minimum atomic E-state index is -0.207. The van der Waals surface area contributed by atoms with Crippen molar-refractivity contribution in [3.8, 4) is 17.2 Å². The molecule has 0 unspecified atom stereocenters. The fraction of sp³-hybridized carbons (Fsp3) is 0.433. The minimum absolute atomic E-state index is 0.207. The number of carbonyl (C=O) groups excluding carboxylic acids is 1. The molecule has 6 rings (SSSR count). The van der Waals surface area contributed by atoms with E-state index in [2.05, 4.69) is 54.4 Å². The topological polar surface area (TPSA) is 48.0 Å². The maximum Gasteiger partial charge on any atom is 0.165 e. The van der Waals surface area contributed by atoms with Crippen LogP contribution in [0.25, 0.3) is 10.8 Å². The molecule has 0 amide bonds. The van der Waals surface area contributed by atoms with Crippen molar-refractivity contribution in [1.82, 2.24) is 4.90 Å². The van der Waals surface area contributed by atoms with Gasteiger partial charge in [0.15, 0.2) is 11.5 Å². The van der Waals surface area contributed by atoms with Gasteiger partial charge < -0.3 is 19.1 Å². The average molecular weight is 472 g/mol. The Balaban J connectivity index is 1.45. The van der Waals surface area contributed by atoms with Crippen LogP contribution in [0.5, 0.6) is 17.2 Å². The van der Waals surface area contributed by atoms with Gasteiger partial charge in [0.2, 0.25) is 0 Å². The van der Waals surface area contributed by atoms with Crippen molar-refractivity contribution in [2.45, 2.75) is 50.2 Å². The Bertz CT molecular complexity index is 1300. The monoisotopic (exact) mass is 471 g/mol. The van der Waals surface area contributed by atoms with E-state index < -0.39 is 0 Å². The highest BCUT2D eigenvalue weighted by molar-refractivity contribution is 5.83. The predicted molar refractivity (Wildman–Crippen MR) is 137 cm³/mol. The molecule has 3 aliphatic rings. The van der Waals surface area contributed by atoms with E-state index in [1.54, 1.807) is 14.2 Å². The number of Topliss-reactive ketones (excluding diaryl/α,β-unsaturated/α-hetero) is 1. The molecule has 5 heteroatoms. The van der Waals surface area contributed by atoms with Gasteiger partial charge in [-0.2, -0.15) is 0 Å². The van der Waals surface area contributed by atoms with Crippen LogP contribution in [0.15, 0.2) is 48.5 Å². The molecule has 1 saturated heterocycles. The van der Waals surface area contributed by atoms with E-state index in [9.17, 15) is 4.79 Å². The molecule has 1 heterocycles. The first kappa shape index (κ1) is 22.4. The normalized spacial score (nSPS) is 25.6. The number of piperidine rings is 1. The fourth-order valence-electron chi connectivity index (χ4n) is 7.11. The zero-order chi connectivity index (χ0) is 24.2. The van der Waals surface area contributed by atoms with E-state index in [4.69, 9.17) is 14.2 Å². The summed E-state index contributed by atoms with van der Waals surface area (Å²) in [4.78, 5) is 15.3. The van der Waals surface area contributed by atoms with Crippen molar-refractivity contribution in [2.75, 3.05) is 27.8 Å². The molecule has 1 saturated carbocycles. The lowest BCUT2D eigenvalue weighted by atomic mass is 9.52. The molecule has 2 aliphatic carbocycles. The summed E-state index contributed by atoms with van der Waals surface area (Å²) in [6.45, 7) is 1.46. The van der Waals surface area contributed by atoms with Crippen LogP contribution < -0.4 is 14.2 Å². The number of rotatable bonds is 5. The summed E-state index contributed by atoms with van der Waals surface area (Å²) >= 11 is 0. The van der Waals surface area contributed by atoms with Gasteiger partial charge in [0.25, 0.3) is 0 Å². The van der Waals surface area contributed by atoms with Gasteiger partial charge in [0, 0.05) is 41.5 Å². The molecule has 2 bridgehead atoms. The van der Waals surface area contributed by atoms with Crippen LogP contribution in [0.4, 0.5) is 0 Å². The van der Waals surface area contributed by atoms with Gasteiger partial charge in [0.1, 0.15) is 18.1 Å². The average Bonchev–Trinajstić information content (AvgIpc) is 2.88. The molecule has 3 aromatic carbocycles. The predicted octanol–water partition coefficient (Wildman–Crippen LogP) is 5.30. The maximum atomic E-state index is 12.8. The van der Waals surface area contributed by atoms with Gasteiger partial charge >= 0.3 is 0 Å². The van der Waals surface area contributed by atoms with Gasteiger partial charge in [-0.3, -0.25) is 4.79 Å². The number of likely N-dealkylation sites (tertiary alicyclic amines) is 1. The number of methoxy groups -OCH3 is 2. The number of ketones is 1. The van der Waals surface area contributed by atoms with E-state index in [0.717, 1.165) is 48.4 Å². The third-order valence-corrected chi connectivity index (χ3v) is 8.75. The Morgan fingerprint density at radius 2 is 1.86 bits per heavy atom. The molecule has 0 N–H and O–H groups in total. The lowest BCUT2D eigenvalue weighted by Gasteiger charge is -2.58. The zero-order valence-corrected chi connectivity index (χ0v) is 20.8. The van der Waals surface area contributed by atoms with Crippen LogP contribution >= 0.6 is 0 Å². The summed E-state index contributed by atoms with van der Waals surface area (Å²) in [6, 6.07) is 17.2. The first-order valence-electron chi connectivity index (χ1n) is 12.6. The second-order valence-corrected chi connectivity index (χ2v) is 10.5. The van der Waals surface area contributed by atoms with Gasteiger partial charge in [-0.1, -0.05) is 36.4 Å². The second-order valence-electron chi connectivity index (χ2n) is 10.5. The van der Waals surface area contributed by atoms with Crippen molar-refractivity contribution in [2.24, 2.45) is 5.92 Å². The van der Waals surface area contributed by atoms with Crippen molar-refractivity contribution in [3.63, 3.8) is 0 Å². The Labute approximate surface area is 207 Å². The molecule has 0 radical (unpaired) electrons. The lowest BCUT2D eigenvalue weighted by Crippen LogP contribution is -2.61. The quantitative estimate of drug-likeness (QED) is 0.505. The Hall–Kier alpha value is -3.05. The Morgan fingerprint density at radius 1 is 1.03 bits per heavy atom. The number of ether oxygens (including phenoxy) is 3. The van der Waals surface area contributed by atoms with Crippen molar-refractivity contribution >= 4 is 16.6 Å². The van der Waals surface area contributed by atoms with Crippen molar-refractivity contribution in [3.05, 3.63) is 65.2 Å². The van der Waals surface area contributed by atoms with Crippen molar-refractivity contribution in [1.29, 1.82) is 0 Å². The van der Waals surface area contributed by atoms with Gasteiger partial charge in [0.05, 0.1) is 14.2 Å². The smallest absolute Gasteiger partial charge is 0.165 e. The first-order chi connectivity index (χ1) is 17.0. The molecule has 5 nitrogen and oxygen atoms in total. The molecule has 2 fully saturated rings. The molecule has 0 aromatic heterocycles. The van der Waals surface area contributed by atoms with Crippen LogP contribution in [0.2, 0.25) is 0 Å². The number of hydrogen-bond donors (Lipinski definition) is 0. The highest BCUT2D eigenvalue weighted by Gasteiger charge is 2.57. The lowest BCUT2D eigenvalue weighted by molar-refractivity contribution is -0.127. The van der Waals surface area contributed by atoms with Crippen LogP contribution in [0.1, 0.15) is 42.4 Å². The third kappa shape index (κ3) is 3.51. The van der Waals surface area contributed by atoms with Crippen LogP contribution in [0, 0.1) is 5.92 Å². The standard InChI is InChI=1S/C30H33NO4/c1-31-13-12-30-17-22(32)10-11-24(30)25(31)15-23-26(16-27(33-2)29(34-3)28(23)30)35-18-19-8-9-20-6-4-5-7-21(20)14-19/h4-9,14,16,24-25H,10-13,15,17-18H2,1-3H3/t24-,25+,30-/m0/s1. The number of fused-ring (bicyclic) bond motifs is 2. The number of likely N-dealkylation sites (N-methyl/N-ethyl adjacent to an activating group) is 1. The number of carbonyl (C=O) groups is 1. The first-order valence-corrected chi connectivity index (χ1v) is 12.6. The molecule has 3 aromatic rings. The fourth-order valence-corrected chi connectivity index (χ4v) is 7.11. The third-order valence-electron chi connectivity index (χ3n) is 8.75. The van der Waals surface area contributed by atoms with Crippen LogP contribution in [0.3, 0.4) is 0 Å². The summed E-state index contributed by atoms with van der Waals surface area (Å²) in [6.07, 6.45) is 4.07. The Morgan fingerprint density at radius 3 is 2.66 bits per heavy atom. The number of benzene rings is 3. The largest absolute Gasteiger partial charge is 0.493 e. The number of nitrogens with zero attached hydrogens (tertiary/aromatic N) is 1. The SMILES string of the molecule is COc1cc(OCc2ccc3ccccc3c2)c2c(c1OC)[C@]13CCN(C)[C@H](C2)[C@@H]1CCC(=O)C3. The molecule has 182 valence electrons. The van der Waals surface area contributed by atoms with Crippen LogP contribution in [-0.4, -0.2) is 44.5 Å². The Kier molecular flexibility index (Phi) is 5.48. The van der Waals surface area contributed by atoms with Crippen LogP contribution in [-0.2, 0) is 23.2 Å². The van der Waals surface area contributed by atoms with E-state index in [0.29, 0.717) is 42.9 Å². The van der Waals surface area contributed by atoms with Gasteiger partial charge in [-0.15, -0.1) is 0 Å². The zero-order valence-electron chi connectivity index (χ0n) is 20.8. The summed E-state index contributed by atoms with van der Waals surface area (Å²) in [7, 11) is 5.62.